The third kappa shape index (κ3) is 3.40. The number of nitrogens with zero attached hydrogens (tertiary/aromatic N) is 5. The number of anilines is 2. The molecule has 4 rings (SSSR count). The van der Waals surface area contributed by atoms with Crippen LogP contribution in [0.4, 0.5) is 11.6 Å². The molecule has 1 aromatic carbocycles. The molecule has 1 N–H and O–H groups in total. The number of aromatic nitrogens is 5. The van der Waals surface area contributed by atoms with Gasteiger partial charge in [0.25, 0.3) is 5.78 Å². The van der Waals surface area contributed by atoms with Crippen LogP contribution in [-0.4, -0.2) is 24.6 Å². The maximum Gasteiger partial charge on any atom is 0.255 e. The van der Waals surface area contributed by atoms with Crippen molar-refractivity contribution in [2.75, 3.05) is 5.32 Å². The summed E-state index contributed by atoms with van der Waals surface area (Å²) in [5, 5.41) is 8.38. The topological polar surface area (TPSA) is 77.2 Å². The number of rotatable bonds is 4. The van der Waals surface area contributed by atoms with Gasteiger partial charge in [-0.25, -0.2) is 4.98 Å². The quantitative estimate of drug-likeness (QED) is 0.513. The second-order valence-corrected chi connectivity index (χ2v) is 6.25. The van der Waals surface area contributed by atoms with Crippen LogP contribution in [0.5, 0.6) is 11.5 Å². The van der Waals surface area contributed by atoms with Gasteiger partial charge in [-0.3, -0.25) is 4.98 Å². The Morgan fingerprint density at radius 2 is 2.00 bits per heavy atom. The molecule has 0 spiro atoms. The molecule has 130 valence electrons. The lowest BCUT2D eigenvalue weighted by Crippen LogP contribution is -1.97. The number of halogens is 2. The zero-order chi connectivity index (χ0) is 18.1. The van der Waals surface area contributed by atoms with Crippen molar-refractivity contribution >= 4 is 40.6 Å². The molecule has 0 unspecified atom stereocenters. The number of benzene rings is 1. The number of ether oxygens (including phenoxy) is 1. The fourth-order valence-corrected chi connectivity index (χ4v) is 2.78. The van der Waals surface area contributed by atoms with Crippen LogP contribution in [0.15, 0.2) is 48.8 Å². The largest absolute Gasteiger partial charge is 0.454 e. The van der Waals surface area contributed by atoms with E-state index in [-0.39, 0.29) is 0 Å². The highest BCUT2D eigenvalue weighted by Crippen LogP contribution is 2.33. The third-order valence-corrected chi connectivity index (χ3v) is 3.95. The standard InChI is InChI=1S/C17H12Cl2N6O/c1-10-7-15(19)25-17(21-10)23-16(24-25)22-13-8-11(18)4-5-14(13)26-12-3-2-6-20-9-12/h2-9H,1H3,(H,22,24). The molecule has 0 aliphatic rings. The number of hydrogen-bond donors (Lipinski definition) is 1. The third-order valence-electron chi connectivity index (χ3n) is 3.45. The van der Waals surface area contributed by atoms with Crippen LogP contribution in [0.3, 0.4) is 0 Å². The summed E-state index contributed by atoms with van der Waals surface area (Å²) in [6.45, 7) is 1.84. The minimum absolute atomic E-state index is 0.323. The van der Waals surface area contributed by atoms with Gasteiger partial charge in [0, 0.05) is 16.9 Å². The molecular formula is C17H12Cl2N6O. The van der Waals surface area contributed by atoms with Crippen molar-refractivity contribution in [1.82, 2.24) is 24.6 Å². The molecule has 3 aromatic heterocycles. The van der Waals surface area contributed by atoms with Gasteiger partial charge in [-0.05, 0) is 43.3 Å². The van der Waals surface area contributed by atoms with Gasteiger partial charge >= 0.3 is 0 Å². The number of pyridine rings is 1. The highest BCUT2D eigenvalue weighted by Gasteiger charge is 2.12. The molecule has 0 aliphatic heterocycles. The van der Waals surface area contributed by atoms with Gasteiger partial charge in [0.1, 0.15) is 10.9 Å². The molecule has 26 heavy (non-hydrogen) atoms. The summed E-state index contributed by atoms with van der Waals surface area (Å²) >= 11 is 12.3. The summed E-state index contributed by atoms with van der Waals surface area (Å²) in [6.07, 6.45) is 3.29. The van der Waals surface area contributed by atoms with Gasteiger partial charge in [0.05, 0.1) is 11.9 Å². The first-order valence-corrected chi connectivity index (χ1v) is 8.38. The van der Waals surface area contributed by atoms with Gasteiger partial charge in [0.15, 0.2) is 5.75 Å². The van der Waals surface area contributed by atoms with Gasteiger partial charge in [0.2, 0.25) is 5.95 Å². The van der Waals surface area contributed by atoms with Crippen LogP contribution >= 0.6 is 23.2 Å². The van der Waals surface area contributed by atoms with Crippen molar-refractivity contribution in [2.45, 2.75) is 6.92 Å². The van der Waals surface area contributed by atoms with Crippen LogP contribution in [0.2, 0.25) is 10.2 Å². The first-order valence-electron chi connectivity index (χ1n) is 7.63. The van der Waals surface area contributed by atoms with Crippen molar-refractivity contribution in [3.05, 3.63) is 64.7 Å². The Hall–Kier alpha value is -2.90. The van der Waals surface area contributed by atoms with E-state index in [1.165, 1.54) is 4.52 Å². The van der Waals surface area contributed by atoms with Crippen LogP contribution in [0.25, 0.3) is 5.78 Å². The molecule has 9 heteroatoms. The van der Waals surface area contributed by atoms with E-state index in [1.54, 1.807) is 48.8 Å². The Morgan fingerprint density at radius 3 is 2.81 bits per heavy atom. The molecule has 0 aliphatic carbocycles. The zero-order valence-corrected chi connectivity index (χ0v) is 15.0. The second kappa shape index (κ2) is 6.78. The normalized spacial score (nSPS) is 10.9. The zero-order valence-electron chi connectivity index (χ0n) is 13.5. The van der Waals surface area contributed by atoms with Crippen molar-refractivity contribution in [2.24, 2.45) is 0 Å². The molecule has 0 radical (unpaired) electrons. The Morgan fingerprint density at radius 1 is 1.12 bits per heavy atom. The average molecular weight is 387 g/mol. The minimum Gasteiger partial charge on any atom is -0.454 e. The van der Waals surface area contributed by atoms with Crippen molar-refractivity contribution in [3.63, 3.8) is 0 Å². The summed E-state index contributed by atoms with van der Waals surface area (Å²) in [5.74, 6) is 1.87. The van der Waals surface area contributed by atoms with Gasteiger partial charge < -0.3 is 10.1 Å². The number of fused-ring (bicyclic) bond motifs is 1. The maximum atomic E-state index is 6.18. The highest BCUT2D eigenvalue weighted by molar-refractivity contribution is 6.31. The van der Waals surface area contributed by atoms with Gasteiger partial charge in [-0.2, -0.15) is 9.50 Å². The van der Waals surface area contributed by atoms with E-state index < -0.39 is 0 Å². The molecular weight excluding hydrogens is 375 g/mol. The van der Waals surface area contributed by atoms with Gasteiger partial charge in [-0.1, -0.05) is 23.2 Å². The Kier molecular flexibility index (Phi) is 4.32. The van der Waals surface area contributed by atoms with E-state index in [4.69, 9.17) is 27.9 Å². The summed E-state index contributed by atoms with van der Waals surface area (Å²) in [7, 11) is 0. The minimum atomic E-state index is 0.323. The Balaban J connectivity index is 1.69. The van der Waals surface area contributed by atoms with Crippen LogP contribution in [0.1, 0.15) is 5.69 Å². The summed E-state index contributed by atoms with van der Waals surface area (Å²) in [5.41, 5.74) is 1.36. The van der Waals surface area contributed by atoms with Gasteiger partial charge in [-0.15, -0.1) is 5.10 Å². The SMILES string of the molecule is Cc1cc(Cl)n2nc(Nc3cc(Cl)ccc3Oc3cccnc3)nc2n1. The highest BCUT2D eigenvalue weighted by atomic mass is 35.5. The van der Waals surface area contributed by atoms with Crippen LogP contribution < -0.4 is 10.1 Å². The fourth-order valence-electron chi connectivity index (χ4n) is 2.34. The monoisotopic (exact) mass is 386 g/mol. The Bertz CT molecular complexity index is 1080. The predicted octanol–water partition coefficient (Wildman–Crippen LogP) is 4.67. The molecule has 0 saturated heterocycles. The Labute approximate surface area is 158 Å². The number of nitrogens with one attached hydrogen (secondary N) is 1. The number of hydrogen-bond acceptors (Lipinski definition) is 6. The second-order valence-electron chi connectivity index (χ2n) is 5.42. The number of aryl methyl sites for hydroxylation is 1. The summed E-state index contributed by atoms with van der Waals surface area (Å²) in [6, 6.07) is 10.5. The van der Waals surface area contributed by atoms with E-state index in [1.807, 2.05) is 6.92 Å². The summed E-state index contributed by atoms with van der Waals surface area (Å²) in [4.78, 5) is 12.7. The molecule has 7 nitrogen and oxygen atoms in total. The van der Waals surface area contributed by atoms with Crippen molar-refractivity contribution in [3.8, 4) is 11.5 Å². The average Bonchev–Trinajstić information content (AvgIpc) is 3.01. The molecule has 0 bridgehead atoms. The molecule has 0 amide bonds. The smallest absolute Gasteiger partial charge is 0.255 e. The molecule has 0 atom stereocenters. The van der Waals surface area contributed by atoms with Crippen molar-refractivity contribution in [1.29, 1.82) is 0 Å². The van der Waals surface area contributed by atoms with Crippen molar-refractivity contribution < 1.29 is 4.74 Å². The van der Waals surface area contributed by atoms with E-state index >= 15 is 0 Å². The lowest BCUT2D eigenvalue weighted by Gasteiger charge is -2.11. The molecule has 3 heterocycles. The van der Waals surface area contributed by atoms with E-state index in [2.05, 4.69) is 25.4 Å². The molecule has 0 fully saturated rings. The lowest BCUT2D eigenvalue weighted by molar-refractivity contribution is 0.482. The molecule has 0 saturated carbocycles. The maximum absolute atomic E-state index is 6.18. The van der Waals surface area contributed by atoms with Crippen LogP contribution in [0, 0.1) is 6.92 Å². The van der Waals surface area contributed by atoms with Crippen LogP contribution in [-0.2, 0) is 0 Å². The predicted molar refractivity (Wildman–Crippen MR) is 99.6 cm³/mol. The summed E-state index contributed by atoms with van der Waals surface area (Å²) < 4.78 is 7.31. The molecule has 4 aromatic rings. The first-order chi connectivity index (χ1) is 12.6. The van der Waals surface area contributed by atoms with E-state index in [9.17, 15) is 0 Å². The lowest BCUT2D eigenvalue weighted by atomic mass is 10.3. The van der Waals surface area contributed by atoms with E-state index in [0.717, 1.165) is 5.69 Å². The first kappa shape index (κ1) is 16.6. The van der Waals surface area contributed by atoms with E-state index in [0.29, 0.717) is 39.1 Å². The fraction of sp³-hybridized carbons (Fsp3) is 0.0588.